The van der Waals surface area contributed by atoms with E-state index in [1.165, 1.54) is 0 Å². The van der Waals surface area contributed by atoms with Gasteiger partial charge in [0.15, 0.2) is 0 Å². The van der Waals surface area contributed by atoms with Crippen LogP contribution < -0.4 is 4.74 Å². The van der Waals surface area contributed by atoms with Crippen LogP contribution in [0.15, 0.2) is 34.1 Å². The number of rotatable bonds is 4. The third kappa shape index (κ3) is 2.95. The van der Waals surface area contributed by atoms with Crippen molar-refractivity contribution < 1.29 is 14.6 Å². The lowest BCUT2D eigenvalue weighted by Crippen LogP contribution is -2.02. The zero-order valence-electron chi connectivity index (χ0n) is 11.5. The van der Waals surface area contributed by atoms with E-state index in [-0.39, 0.29) is 5.56 Å². The number of fused-ring (bicyclic) bond motifs is 1. The smallest absolute Gasteiger partial charge is 0.336 e. The molecule has 0 bridgehead atoms. The van der Waals surface area contributed by atoms with E-state index in [2.05, 4.69) is 25.9 Å². The molecule has 0 amide bonds. The molecule has 0 aliphatic heterocycles. The molecule has 22 heavy (non-hydrogen) atoms. The van der Waals surface area contributed by atoms with E-state index in [1.54, 1.807) is 29.5 Å². The number of aromatic nitrogens is 2. The summed E-state index contributed by atoms with van der Waals surface area (Å²) in [5.74, 6) is 0.236. The molecular formula is C15H11BrN2O3S. The van der Waals surface area contributed by atoms with Gasteiger partial charge in [-0.25, -0.2) is 9.78 Å². The van der Waals surface area contributed by atoms with Crippen LogP contribution in [0.5, 0.6) is 5.88 Å². The second kappa shape index (κ2) is 6.02. The topological polar surface area (TPSA) is 72.3 Å². The van der Waals surface area contributed by atoms with Crippen molar-refractivity contribution in [2.75, 3.05) is 0 Å². The highest BCUT2D eigenvalue weighted by atomic mass is 79.9. The van der Waals surface area contributed by atoms with Crippen LogP contribution in [0, 0.1) is 6.92 Å². The Morgan fingerprint density at radius 1 is 1.36 bits per heavy atom. The Balaban J connectivity index is 1.84. The lowest BCUT2D eigenvalue weighted by molar-refractivity contribution is 0.0696. The number of hydrogen-bond donors (Lipinski definition) is 1. The standard InChI is InChI=1S/C15H11BrN2O3S/c1-8-17-13(11-4-5-22-14(11)18-8)21-7-9-2-3-10(15(19)20)12(16)6-9/h2-6H,7H2,1H3,(H,19,20). The van der Waals surface area contributed by atoms with Gasteiger partial charge in [0.1, 0.15) is 17.3 Å². The maximum atomic E-state index is 11.0. The number of thiophene rings is 1. The Morgan fingerprint density at radius 3 is 2.91 bits per heavy atom. The molecule has 7 heteroatoms. The lowest BCUT2D eigenvalue weighted by atomic mass is 10.1. The minimum Gasteiger partial charge on any atom is -0.478 e. The van der Waals surface area contributed by atoms with Crippen LogP contribution in [-0.2, 0) is 6.61 Å². The third-order valence-corrected chi connectivity index (χ3v) is 4.50. The van der Waals surface area contributed by atoms with Crippen LogP contribution in [0.1, 0.15) is 21.7 Å². The van der Waals surface area contributed by atoms with Gasteiger partial charge in [-0.15, -0.1) is 11.3 Å². The molecule has 1 aromatic carbocycles. The number of hydrogen-bond acceptors (Lipinski definition) is 5. The highest BCUT2D eigenvalue weighted by Gasteiger charge is 2.11. The monoisotopic (exact) mass is 378 g/mol. The van der Waals surface area contributed by atoms with Crippen molar-refractivity contribution in [1.29, 1.82) is 0 Å². The van der Waals surface area contributed by atoms with Crippen LogP contribution in [-0.4, -0.2) is 21.0 Å². The third-order valence-electron chi connectivity index (χ3n) is 3.04. The fourth-order valence-electron chi connectivity index (χ4n) is 2.01. The number of nitrogens with zero attached hydrogens (tertiary/aromatic N) is 2. The average molecular weight is 379 g/mol. The second-order valence-electron chi connectivity index (χ2n) is 4.62. The molecule has 1 N–H and O–H groups in total. The molecule has 2 heterocycles. The summed E-state index contributed by atoms with van der Waals surface area (Å²) in [5.41, 5.74) is 1.08. The summed E-state index contributed by atoms with van der Waals surface area (Å²) < 4.78 is 6.32. The molecule has 5 nitrogen and oxygen atoms in total. The molecule has 0 saturated carbocycles. The van der Waals surface area contributed by atoms with Crippen molar-refractivity contribution in [3.05, 3.63) is 51.1 Å². The van der Waals surface area contributed by atoms with E-state index < -0.39 is 5.97 Å². The molecule has 0 aliphatic rings. The van der Waals surface area contributed by atoms with E-state index in [0.717, 1.165) is 15.8 Å². The minimum atomic E-state index is -0.967. The SMILES string of the molecule is Cc1nc(OCc2ccc(C(=O)O)c(Br)c2)c2ccsc2n1. The van der Waals surface area contributed by atoms with Gasteiger partial charge in [-0.05, 0) is 52.0 Å². The summed E-state index contributed by atoms with van der Waals surface area (Å²) in [4.78, 5) is 20.6. The maximum Gasteiger partial charge on any atom is 0.336 e. The molecule has 0 fully saturated rings. The Labute approximate surface area is 138 Å². The van der Waals surface area contributed by atoms with Gasteiger partial charge in [-0.2, -0.15) is 4.98 Å². The fraction of sp³-hybridized carbons (Fsp3) is 0.133. The molecule has 3 aromatic rings. The van der Waals surface area contributed by atoms with Crippen molar-refractivity contribution in [2.24, 2.45) is 0 Å². The first-order valence-corrected chi connectivity index (χ1v) is 8.08. The van der Waals surface area contributed by atoms with Gasteiger partial charge in [0, 0.05) is 4.47 Å². The molecule has 0 radical (unpaired) electrons. The highest BCUT2D eigenvalue weighted by molar-refractivity contribution is 9.10. The number of carboxylic acids is 1. The van der Waals surface area contributed by atoms with E-state index in [4.69, 9.17) is 9.84 Å². The average Bonchev–Trinajstić information content (AvgIpc) is 2.92. The normalized spacial score (nSPS) is 10.8. The molecule has 3 rings (SSSR count). The van der Waals surface area contributed by atoms with Gasteiger partial charge >= 0.3 is 5.97 Å². The number of halogens is 1. The summed E-state index contributed by atoms with van der Waals surface area (Å²) in [6, 6.07) is 6.95. The largest absolute Gasteiger partial charge is 0.478 e. The summed E-state index contributed by atoms with van der Waals surface area (Å²) in [6.45, 7) is 2.13. The first-order valence-electron chi connectivity index (χ1n) is 6.41. The molecule has 0 spiro atoms. The van der Waals surface area contributed by atoms with Crippen LogP contribution in [0.2, 0.25) is 0 Å². The summed E-state index contributed by atoms with van der Waals surface area (Å²) in [7, 11) is 0. The minimum absolute atomic E-state index is 0.224. The number of benzene rings is 1. The first-order chi connectivity index (χ1) is 10.5. The predicted octanol–water partition coefficient (Wildman–Crippen LogP) is 4.04. The maximum absolute atomic E-state index is 11.0. The van der Waals surface area contributed by atoms with Crippen molar-refractivity contribution in [3.63, 3.8) is 0 Å². The van der Waals surface area contributed by atoms with Gasteiger partial charge in [0.05, 0.1) is 10.9 Å². The number of ether oxygens (including phenoxy) is 1. The number of carbonyl (C=O) groups is 1. The molecule has 0 saturated heterocycles. The van der Waals surface area contributed by atoms with Crippen molar-refractivity contribution in [1.82, 2.24) is 9.97 Å². The van der Waals surface area contributed by atoms with Gasteiger partial charge in [0.2, 0.25) is 5.88 Å². The Hall–Kier alpha value is -1.99. The Morgan fingerprint density at radius 2 is 2.18 bits per heavy atom. The van der Waals surface area contributed by atoms with Gasteiger partial charge in [0.25, 0.3) is 0 Å². The van der Waals surface area contributed by atoms with Crippen LogP contribution in [0.3, 0.4) is 0 Å². The summed E-state index contributed by atoms with van der Waals surface area (Å²) in [6.07, 6.45) is 0. The number of aromatic carboxylic acids is 1. The fourth-order valence-corrected chi connectivity index (χ4v) is 3.41. The van der Waals surface area contributed by atoms with E-state index in [0.29, 0.717) is 22.8 Å². The number of aryl methyl sites for hydroxylation is 1. The first kappa shape index (κ1) is 14.9. The van der Waals surface area contributed by atoms with Gasteiger partial charge in [-0.3, -0.25) is 0 Å². The Kier molecular flexibility index (Phi) is 4.08. The molecule has 0 unspecified atom stereocenters. The molecule has 2 aromatic heterocycles. The molecular weight excluding hydrogens is 368 g/mol. The van der Waals surface area contributed by atoms with Crippen molar-refractivity contribution in [2.45, 2.75) is 13.5 Å². The summed E-state index contributed by atoms with van der Waals surface area (Å²) >= 11 is 4.80. The predicted molar refractivity (Wildman–Crippen MR) is 87.6 cm³/mol. The molecule has 0 aliphatic carbocycles. The lowest BCUT2D eigenvalue weighted by Gasteiger charge is -2.08. The molecule has 0 atom stereocenters. The summed E-state index contributed by atoms with van der Waals surface area (Å²) in [5, 5.41) is 11.8. The van der Waals surface area contributed by atoms with Gasteiger partial charge < -0.3 is 9.84 Å². The Bertz CT molecular complexity index is 863. The molecule has 112 valence electrons. The van der Waals surface area contributed by atoms with E-state index in [1.807, 2.05) is 18.4 Å². The zero-order chi connectivity index (χ0) is 15.7. The van der Waals surface area contributed by atoms with Crippen molar-refractivity contribution in [3.8, 4) is 5.88 Å². The van der Waals surface area contributed by atoms with Crippen LogP contribution in [0.25, 0.3) is 10.2 Å². The van der Waals surface area contributed by atoms with Crippen LogP contribution >= 0.6 is 27.3 Å². The van der Waals surface area contributed by atoms with Gasteiger partial charge in [-0.1, -0.05) is 6.07 Å². The quantitative estimate of drug-likeness (QED) is 0.741. The van der Waals surface area contributed by atoms with E-state index in [9.17, 15) is 4.79 Å². The second-order valence-corrected chi connectivity index (χ2v) is 6.37. The number of carboxylic acid groups (broad SMARTS) is 1. The van der Waals surface area contributed by atoms with E-state index >= 15 is 0 Å². The van der Waals surface area contributed by atoms with Crippen LogP contribution in [0.4, 0.5) is 0 Å². The highest BCUT2D eigenvalue weighted by Crippen LogP contribution is 2.27. The zero-order valence-corrected chi connectivity index (χ0v) is 13.9. The van der Waals surface area contributed by atoms with Crippen molar-refractivity contribution >= 4 is 43.5 Å².